The van der Waals surface area contributed by atoms with Crippen molar-refractivity contribution < 1.29 is 18.7 Å². The Kier molecular flexibility index (Phi) is 8.31. The van der Waals surface area contributed by atoms with Crippen LogP contribution in [0.5, 0.6) is 0 Å². The molecule has 9 heteroatoms. The molecular weight excluding hydrogens is 413 g/mol. The molecule has 1 aromatic rings. The molecule has 178 valence electrons. The van der Waals surface area contributed by atoms with E-state index in [9.17, 15) is 9.18 Å². The highest BCUT2D eigenvalue weighted by Gasteiger charge is 2.29. The minimum atomic E-state index is -0.519. The number of morpholine rings is 1. The van der Waals surface area contributed by atoms with Crippen molar-refractivity contribution in [2.45, 2.75) is 44.9 Å². The number of amides is 1. The lowest BCUT2D eigenvalue weighted by Crippen LogP contribution is -2.48. The molecule has 2 saturated heterocycles. The number of carbonyl (C=O) groups is 1. The molecule has 2 aliphatic heterocycles. The van der Waals surface area contributed by atoms with Gasteiger partial charge in [-0.05, 0) is 44.9 Å². The average molecular weight is 450 g/mol. The van der Waals surface area contributed by atoms with Crippen LogP contribution in [0.1, 0.15) is 38.8 Å². The van der Waals surface area contributed by atoms with Gasteiger partial charge in [-0.2, -0.15) is 0 Å². The van der Waals surface area contributed by atoms with Crippen LogP contribution in [-0.2, 0) is 9.47 Å². The van der Waals surface area contributed by atoms with Crippen molar-refractivity contribution in [3.05, 3.63) is 35.6 Å². The first kappa shape index (κ1) is 24.3. The lowest BCUT2D eigenvalue weighted by molar-refractivity contribution is 0.0169. The van der Waals surface area contributed by atoms with E-state index in [0.29, 0.717) is 26.3 Å². The summed E-state index contributed by atoms with van der Waals surface area (Å²) in [5.74, 6) is 0.553. The van der Waals surface area contributed by atoms with Gasteiger partial charge in [0.15, 0.2) is 5.96 Å². The van der Waals surface area contributed by atoms with Gasteiger partial charge in [0, 0.05) is 39.8 Å². The van der Waals surface area contributed by atoms with Gasteiger partial charge in [-0.15, -0.1) is 0 Å². The Morgan fingerprint density at radius 2 is 1.94 bits per heavy atom. The SMILES string of the molecule is CN=C(NCC(c1ccc(F)cc1)N1CCOCC1)N1CCC(NC(=O)OC(C)(C)C)C1. The number of likely N-dealkylation sites (tertiary alicyclic amines) is 1. The highest BCUT2D eigenvalue weighted by atomic mass is 19.1. The second-order valence-electron chi connectivity index (χ2n) is 9.22. The van der Waals surface area contributed by atoms with Gasteiger partial charge < -0.3 is 25.0 Å². The first-order valence-electron chi connectivity index (χ1n) is 11.3. The summed E-state index contributed by atoms with van der Waals surface area (Å²) in [7, 11) is 1.76. The molecule has 2 atom stereocenters. The van der Waals surface area contributed by atoms with E-state index in [1.165, 1.54) is 12.1 Å². The average Bonchev–Trinajstić information content (AvgIpc) is 3.19. The Labute approximate surface area is 190 Å². The minimum Gasteiger partial charge on any atom is -0.444 e. The minimum absolute atomic E-state index is 0.00976. The molecule has 0 radical (unpaired) electrons. The molecule has 1 aromatic carbocycles. The Morgan fingerprint density at radius 1 is 1.25 bits per heavy atom. The second-order valence-corrected chi connectivity index (χ2v) is 9.22. The number of benzene rings is 1. The number of alkyl carbamates (subject to hydrolysis) is 1. The summed E-state index contributed by atoms with van der Waals surface area (Å²) in [4.78, 5) is 21.0. The highest BCUT2D eigenvalue weighted by Crippen LogP contribution is 2.22. The zero-order valence-corrected chi connectivity index (χ0v) is 19.6. The van der Waals surface area contributed by atoms with Gasteiger partial charge in [0.1, 0.15) is 11.4 Å². The van der Waals surface area contributed by atoms with Crippen LogP contribution < -0.4 is 10.6 Å². The standard InChI is InChI=1S/C23H36FN5O3/c1-23(2,3)32-22(30)27-19-9-10-29(16-19)21(25-4)26-15-20(28-11-13-31-14-12-28)17-5-7-18(24)8-6-17/h5-8,19-20H,9-16H2,1-4H3,(H,25,26)(H,27,30). The number of halogens is 1. The van der Waals surface area contributed by atoms with E-state index in [4.69, 9.17) is 9.47 Å². The maximum absolute atomic E-state index is 13.5. The van der Waals surface area contributed by atoms with Gasteiger partial charge in [-0.1, -0.05) is 12.1 Å². The van der Waals surface area contributed by atoms with Crippen LogP contribution in [-0.4, -0.2) is 86.5 Å². The Morgan fingerprint density at radius 3 is 2.56 bits per heavy atom. The first-order chi connectivity index (χ1) is 15.2. The number of guanidine groups is 1. The maximum Gasteiger partial charge on any atom is 0.407 e. The third-order valence-electron chi connectivity index (χ3n) is 5.62. The molecule has 0 aliphatic carbocycles. The van der Waals surface area contributed by atoms with Gasteiger partial charge in [0.25, 0.3) is 0 Å². The summed E-state index contributed by atoms with van der Waals surface area (Å²) in [5, 5.41) is 6.44. The van der Waals surface area contributed by atoms with Crippen molar-refractivity contribution in [1.29, 1.82) is 0 Å². The summed E-state index contributed by atoms with van der Waals surface area (Å²) < 4.78 is 24.3. The van der Waals surface area contributed by atoms with Crippen LogP contribution >= 0.6 is 0 Å². The smallest absolute Gasteiger partial charge is 0.407 e. The fourth-order valence-corrected chi connectivity index (χ4v) is 4.10. The van der Waals surface area contributed by atoms with Crippen LogP contribution in [0.2, 0.25) is 0 Å². The van der Waals surface area contributed by atoms with Crippen molar-refractivity contribution in [3.8, 4) is 0 Å². The van der Waals surface area contributed by atoms with E-state index in [2.05, 4.69) is 25.4 Å². The fourth-order valence-electron chi connectivity index (χ4n) is 4.10. The van der Waals surface area contributed by atoms with Gasteiger partial charge in [0.05, 0.1) is 25.3 Å². The second kappa shape index (κ2) is 11.0. The zero-order valence-electron chi connectivity index (χ0n) is 19.6. The first-order valence-corrected chi connectivity index (χ1v) is 11.3. The zero-order chi connectivity index (χ0) is 23.1. The lowest BCUT2D eigenvalue weighted by atomic mass is 10.0. The third-order valence-corrected chi connectivity index (χ3v) is 5.62. The summed E-state index contributed by atoms with van der Waals surface area (Å²) >= 11 is 0. The largest absolute Gasteiger partial charge is 0.444 e. The molecule has 1 amide bonds. The van der Waals surface area contributed by atoms with Crippen LogP contribution in [0.25, 0.3) is 0 Å². The molecule has 0 spiro atoms. The number of hydrogen-bond donors (Lipinski definition) is 2. The van der Waals surface area contributed by atoms with Crippen molar-refractivity contribution in [2.24, 2.45) is 4.99 Å². The summed E-state index contributed by atoms with van der Waals surface area (Å²) in [6, 6.07) is 6.79. The Balaban J connectivity index is 1.58. The number of nitrogens with one attached hydrogen (secondary N) is 2. The molecule has 2 heterocycles. The molecule has 8 nitrogen and oxygen atoms in total. The van der Waals surface area contributed by atoms with Crippen LogP contribution in [0, 0.1) is 5.82 Å². The normalized spacial score (nSPS) is 21.3. The topological polar surface area (TPSA) is 78.4 Å². The number of hydrogen-bond acceptors (Lipinski definition) is 5. The molecule has 2 unspecified atom stereocenters. The molecule has 2 N–H and O–H groups in total. The fraction of sp³-hybridized carbons (Fsp3) is 0.652. The predicted molar refractivity (Wildman–Crippen MR) is 122 cm³/mol. The molecule has 32 heavy (non-hydrogen) atoms. The molecular formula is C23H36FN5O3. The number of rotatable bonds is 5. The van der Waals surface area contributed by atoms with Crippen LogP contribution in [0.3, 0.4) is 0 Å². The van der Waals surface area contributed by atoms with Crippen molar-refractivity contribution in [1.82, 2.24) is 20.4 Å². The monoisotopic (exact) mass is 449 g/mol. The molecule has 0 aromatic heterocycles. The number of nitrogens with zero attached hydrogens (tertiary/aromatic N) is 3. The van der Waals surface area contributed by atoms with Gasteiger partial charge >= 0.3 is 6.09 Å². The molecule has 3 rings (SSSR count). The van der Waals surface area contributed by atoms with E-state index < -0.39 is 11.7 Å². The molecule has 2 aliphatic rings. The van der Waals surface area contributed by atoms with Crippen LogP contribution in [0.15, 0.2) is 29.3 Å². The van der Waals surface area contributed by atoms with Crippen molar-refractivity contribution in [3.63, 3.8) is 0 Å². The predicted octanol–water partition coefficient (Wildman–Crippen LogP) is 2.37. The molecule has 0 bridgehead atoms. The number of aliphatic imine (C=N–C) groups is 1. The van der Waals surface area contributed by atoms with Crippen LogP contribution in [0.4, 0.5) is 9.18 Å². The van der Waals surface area contributed by atoms with Crippen molar-refractivity contribution in [2.75, 3.05) is 53.0 Å². The Hall–Kier alpha value is -2.39. The van der Waals surface area contributed by atoms with E-state index in [1.807, 2.05) is 32.9 Å². The van der Waals surface area contributed by atoms with Gasteiger partial charge in [-0.25, -0.2) is 9.18 Å². The maximum atomic E-state index is 13.5. The van der Waals surface area contributed by atoms with E-state index in [-0.39, 0.29) is 17.9 Å². The van der Waals surface area contributed by atoms with E-state index in [0.717, 1.165) is 37.6 Å². The quantitative estimate of drug-likeness (QED) is 0.531. The summed E-state index contributed by atoms with van der Waals surface area (Å²) in [5.41, 5.74) is 0.539. The number of ether oxygens (including phenoxy) is 2. The molecule has 0 saturated carbocycles. The summed E-state index contributed by atoms with van der Waals surface area (Å²) in [6.07, 6.45) is 0.432. The van der Waals surface area contributed by atoms with E-state index >= 15 is 0 Å². The number of carbonyl (C=O) groups excluding carboxylic acids is 1. The van der Waals surface area contributed by atoms with E-state index in [1.54, 1.807) is 7.05 Å². The lowest BCUT2D eigenvalue weighted by Gasteiger charge is -2.35. The van der Waals surface area contributed by atoms with Crippen molar-refractivity contribution >= 4 is 12.1 Å². The highest BCUT2D eigenvalue weighted by molar-refractivity contribution is 5.80. The molecule has 2 fully saturated rings. The van der Waals surface area contributed by atoms with Gasteiger partial charge in [-0.3, -0.25) is 9.89 Å². The third kappa shape index (κ3) is 7.06. The Bertz CT molecular complexity index is 775. The van der Waals surface area contributed by atoms with Gasteiger partial charge in [0.2, 0.25) is 0 Å². The summed E-state index contributed by atoms with van der Waals surface area (Å²) in [6.45, 7) is 10.7.